The normalized spacial score (nSPS) is 16.7. The van der Waals surface area contributed by atoms with Gasteiger partial charge in [0.05, 0.1) is 14.2 Å². The van der Waals surface area contributed by atoms with Gasteiger partial charge >= 0.3 is 0 Å². The van der Waals surface area contributed by atoms with Gasteiger partial charge in [0.2, 0.25) is 0 Å². The van der Waals surface area contributed by atoms with Gasteiger partial charge < -0.3 is 9.47 Å². The van der Waals surface area contributed by atoms with E-state index in [1.165, 1.54) is 36.8 Å². The summed E-state index contributed by atoms with van der Waals surface area (Å²) >= 11 is 0. The van der Waals surface area contributed by atoms with Crippen LogP contribution in [0, 0.1) is 0 Å². The Bertz CT molecular complexity index is 598. The van der Waals surface area contributed by atoms with E-state index in [2.05, 4.69) is 36.4 Å². The zero-order valence-corrected chi connectivity index (χ0v) is 12.8. The number of benzene rings is 2. The maximum atomic E-state index is 5.65. The lowest BCUT2D eigenvalue weighted by Crippen LogP contribution is -2.24. The monoisotopic (exact) mass is 282 g/mol. The zero-order chi connectivity index (χ0) is 14.7. The summed E-state index contributed by atoms with van der Waals surface area (Å²) in [6.07, 6.45) is 4.85. The van der Waals surface area contributed by atoms with Gasteiger partial charge in [-0.1, -0.05) is 43.2 Å². The van der Waals surface area contributed by atoms with Crippen molar-refractivity contribution in [3.05, 3.63) is 59.7 Å². The highest BCUT2D eigenvalue weighted by molar-refractivity contribution is 5.51. The van der Waals surface area contributed by atoms with E-state index in [1.54, 1.807) is 14.2 Å². The summed E-state index contributed by atoms with van der Waals surface area (Å²) in [6, 6.07) is 17.0. The van der Waals surface area contributed by atoms with E-state index in [4.69, 9.17) is 9.47 Å². The van der Waals surface area contributed by atoms with Gasteiger partial charge in [-0.05, 0) is 36.6 Å². The van der Waals surface area contributed by atoms with Crippen LogP contribution in [0.25, 0.3) is 0 Å². The highest BCUT2D eigenvalue weighted by Gasteiger charge is 2.39. The Kier molecular flexibility index (Phi) is 3.87. The van der Waals surface area contributed by atoms with Crippen molar-refractivity contribution in [3.63, 3.8) is 0 Å². The second kappa shape index (κ2) is 5.80. The molecule has 0 aromatic heterocycles. The Morgan fingerprint density at radius 2 is 1.57 bits per heavy atom. The fourth-order valence-corrected chi connectivity index (χ4v) is 3.64. The van der Waals surface area contributed by atoms with Crippen LogP contribution in [-0.2, 0) is 5.41 Å². The molecule has 0 bridgehead atoms. The molecule has 1 aliphatic carbocycles. The van der Waals surface area contributed by atoms with Crippen LogP contribution in [0.2, 0.25) is 0 Å². The van der Waals surface area contributed by atoms with Crippen molar-refractivity contribution in [2.75, 3.05) is 14.2 Å². The van der Waals surface area contributed by atoms with Gasteiger partial charge in [0, 0.05) is 11.0 Å². The molecule has 0 spiro atoms. The summed E-state index contributed by atoms with van der Waals surface area (Å²) in [4.78, 5) is 0. The van der Waals surface area contributed by atoms with Crippen molar-refractivity contribution >= 4 is 0 Å². The molecule has 1 fully saturated rings. The quantitative estimate of drug-likeness (QED) is 0.818. The molecule has 0 saturated heterocycles. The van der Waals surface area contributed by atoms with E-state index >= 15 is 0 Å². The number of methoxy groups -OCH3 is 2. The molecule has 110 valence electrons. The molecular weight excluding hydrogens is 260 g/mol. The summed E-state index contributed by atoms with van der Waals surface area (Å²) in [5.74, 6) is 1.86. The third kappa shape index (κ3) is 2.39. The molecule has 3 rings (SSSR count). The fourth-order valence-electron chi connectivity index (χ4n) is 3.64. The molecule has 21 heavy (non-hydrogen) atoms. The topological polar surface area (TPSA) is 18.5 Å². The molecule has 2 heteroatoms. The maximum Gasteiger partial charge on any atom is 0.123 e. The maximum absolute atomic E-state index is 5.65. The summed E-state index contributed by atoms with van der Waals surface area (Å²) in [5, 5.41) is 0. The Morgan fingerprint density at radius 3 is 2.19 bits per heavy atom. The summed E-state index contributed by atoms with van der Waals surface area (Å²) < 4.78 is 11.1. The third-order valence-corrected chi connectivity index (χ3v) is 4.71. The van der Waals surface area contributed by atoms with Crippen molar-refractivity contribution in [3.8, 4) is 11.5 Å². The van der Waals surface area contributed by atoms with Gasteiger partial charge in [0.25, 0.3) is 0 Å². The molecule has 0 aliphatic heterocycles. The van der Waals surface area contributed by atoms with E-state index in [1.807, 2.05) is 12.1 Å². The Hall–Kier alpha value is -1.96. The summed E-state index contributed by atoms with van der Waals surface area (Å²) in [6.45, 7) is 0. The molecule has 0 radical (unpaired) electrons. The van der Waals surface area contributed by atoms with E-state index in [0.29, 0.717) is 0 Å². The molecule has 0 amide bonds. The molecule has 2 nitrogen and oxygen atoms in total. The van der Waals surface area contributed by atoms with Gasteiger partial charge in [0.15, 0.2) is 0 Å². The number of rotatable bonds is 4. The highest BCUT2D eigenvalue weighted by atomic mass is 16.5. The minimum Gasteiger partial charge on any atom is -0.497 e. The van der Waals surface area contributed by atoms with Crippen LogP contribution in [0.5, 0.6) is 11.5 Å². The lowest BCUT2D eigenvalue weighted by molar-refractivity contribution is 0.384. The number of hydrogen-bond acceptors (Lipinski definition) is 2. The molecule has 2 aromatic rings. The Labute approximate surface area is 126 Å². The average Bonchev–Trinajstić information content (AvgIpc) is 3.06. The van der Waals surface area contributed by atoms with Crippen molar-refractivity contribution in [1.82, 2.24) is 0 Å². The van der Waals surface area contributed by atoms with Gasteiger partial charge in [-0.15, -0.1) is 0 Å². The first-order valence-corrected chi connectivity index (χ1v) is 7.58. The lowest BCUT2D eigenvalue weighted by Gasteiger charge is -2.32. The SMILES string of the molecule is COc1ccc(OC)c(C2(c3ccccc3)CCCC2)c1. The molecular formula is C19H22O2. The van der Waals surface area contributed by atoms with Crippen molar-refractivity contribution < 1.29 is 9.47 Å². The van der Waals surface area contributed by atoms with Crippen LogP contribution in [-0.4, -0.2) is 14.2 Å². The standard InChI is InChI=1S/C19H22O2/c1-20-16-10-11-18(21-2)17(14-16)19(12-6-7-13-19)15-8-4-3-5-9-15/h3-5,8-11,14H,6-7,12-13H2,1-2H3. The fraction of sp³-hybridized carbons (Fsp3) is 0.368. The first-order valence-electron chi connectivity index (χ1n) is 7.58. The van der Waals surface area contributed by atoms with Crippen LogP contribution in [0.1, 0.15) is 36.8 Å². The summed E-state index contributed by atoms with van der Waals surface area (Å²) in [7, 11) is 3.47. The predicted octanol–water partition coefficient (Wildman–Crippen LogP) is 4.56. The van der Waals surface area contributed by atoms with E-state index in [-0.39, 0.29) is 5.41 Å². The van der Waals surface area contributed by atoms with Gasteiger partial charge in [-0.25, -0.2) is 0 Å². The Balaban J connectivity index is 2.18. The minimum atomic E-state index is 0.0567. The second-order valence-corrected chi connectivity index (χ2v) is 5.72. The highest BCUT2D eigenvalue weighted by Crippen LogP contribution is 2.50. The van der Waals surface area contributed by atoms with Gasteiger partial charge in [-0.2, -0.15) is 0 Å². The van der Waals surface area contributed by atoms with Gasteiger partial charge in [-0.3, -0.25) is 0 Å². The lowest BCUT2D eigenvalue weighted by atomic mass is 9.72. The molecule has 2 aromatic carbocycles. The van der Waals surface area contributed by atoms with Crippen LogP contribution in [0.15, 0.2) is 48.5 Å². The Morgan fingerprint density at radius 1 is 0.857 bits per heavy atom. The van der Waals surface area contributed by atoms with Crippen molar-refractivity contribution in [2.45, 2.75) is 31.1 Å². The smallest absolute Gasteiger partial charge is 0.123 e. The van der Waals surface area contributed by atoms with E-state index in [0.717, 1.165) is 11.5 Å². The molecule has 0 atom stereocenters. The zero-order valence-electron chi connectivity index (χ0n) is 12.8. The predicted molar refractivity (Wildman–Crippen MR) is 85.2 cm³/mol. The van der Waals surface area contributed by atoms with Crippen LogP contribution < -0.4 is 9.47 Å². The first kappa shape index (κ1) is 14.0. The van der Waals surface area contributed by atoms with Crippen LogP contribution >= 0.6 is 0 Å². The summed E-state index contributed by atoms with van der Waals surface area (Å²) in [5.41, 5.74) is 2.70. The molecule has 0 N–H and O–H groups in total. The molecule has 0 heterocycles. The van der Waals surface area contributed by atoms with Crippen LogP contribution in [0.4, 0.5) is 0 Å². The second-order valence-electron chi connectivity index (χ2n) is 5.72. The minimum absolute atomic E-state index is 0.0567. The van der Waals surface area contributed by atoms with Crippen molar-refractivity contribution in [2.24, 2.45) is 0 Å². The number of hydrogen-bond donors (Lipinski definition) is 0. The molecule has 0 unspecified atom stereocenters. The molecule has 1 aliphatic rings. The van der Waals surface area contributed by atoms with Crippen molar-refractivity contribution in [1.29, 1.82) is 0 Å². The van der Waals surface area contributed by atoms with E-state index in [9.17, 15) is 0 Å². The largest absolute Gasteiger partial charge is 0.497 e. The van der Waals surface area contributed by atoms with Gasteiger partial charge in [0.1, 0.15) is 11.5 Å². The van der Waals surface area contributed by atoms with Crippen LogP contribution in [0.3, 0.4) is 0 Å². The average molecular weight is 282 g/mol. The number of ether oxygens (including phenoxy) is 2. The van der Waals surface area contributed by atoms with E-state index < -0.39 is 0 Å². The third-order valence-electron chi connectivity index (χ3n) is 4.71. The molecule has 1 saturated carbocycles. The first-order chi connectivity index (χ1) is 10.3.